The van der Waals surface area contributed by atoms with Crippen LogP contribution in [0.2, 0.25) is 0 Å². The standard InChI is InChI=1S/C10H11FO3/c1-6-3-4-7(11)5-8(6)9(14-2)10(12)13/h3-5,9H,1-2H3,(H,12,13). The van der Waals surface area contributed by atoms with Gasteiger partial charge in [-0.3, -0.25) is 0 Å². The van der Waals surface area contributed by atoms with Gasteiger partial charge >= 0.3 is 5.97 Å². The number of carboxylic acid groups (broad SMARTS) is 1. The SMILES string of the molecule is COC(C(=O)O)c1cc(F)ccc1C. The molecule has 4 heteroatoms. The predicted octanol–water partition coefficient (Wildman–Crippen LogP) is 1.91. The smallest absolute Gasteiger partial charge is 0.337 e. The highest BCUT2D eigenvalue weighted by Crippen LogP contribution is 2.21. The molecule has 0 saturated heterocycles. The molecule has 76 valence electrons. The number of benzene rings is 1. The van der Waals surface area contributed by atoms with Crippen LogP contribution in [0.3, 0.4) is 0 Å². The van der Waals surface area contributed by atoms with E-state index in [0.717, 1.165) is 0 Å². The molecule has 1 unspecified atom stereocenters. The summed E-state index contributed by atoms with van der Waals surface area (Å²) in [4.78, 5) is 10.7. The summed E-state index contributed by atoms with van der Waals surface area (Å²) < 4.78 is 17.6. The fourth-order valence-corrected chi connectivity index (χ4v) is 1.25. The summed E-state index contributed by atoms with van der Waals surface area (Å²) >= 11 is 0. The molecule has 0 aromatic heterocycles. The van der Waals surface area contributed by atoms with Crippen LogP contribution in [0.4, 0.5) is 4.39 Å². The lowest BCUT2D eigenvalue weighted by atomic mass is 10.0. The van der Waals surface area contributed by atoms with Crippen LogP contribution in [-0.4, -0.2) is 18.2 Å². The Morgan fingerprint density at radius 1 is 1.57 bits per heavy atom. The number of rotatable bonds is 3. The molecular formula is C10H11FO3. The summed E-state index contributed by atoms with van der Waals surface area (Å²) in [5, 5.41) is 8.79. The predicted molar refractivity (Wildman–Crippen MR) is 48.5 cm³/mol. The van der Waals surface area contributed by atoms with Crippen molar-refractivity contribution in [3.05, 3.63) is 35.1 Å². The number of aliphatic carboxylic acids is 1. The monoisotopic (exact) mass is 198 g/mol. The molecule has 0 bridgehead atoms. The average molecular weight is 198 g/mol. The molecule has 1 N–H and O–H groups in total. The van der Waals surface area contributed by atoms with Crippen LogP contribution >= 0.6 is 0 Å². The third kappa shape index (κ3) is 2.09. The normalized spacial score (nSPS) is 12.5. The number of methoxy groups -OCH3 is 1. The third-order valence-corrected chi connectivity index (χ3v) is 1.98. The van der Waals surface area contributed by atoms with Crippen molar-refractivity contribution in [2.75, 3.05) is 7.11 Å². The van der Waals surface area contributed by atoms with Gasteiger partial charge in [-0.05, 0) is 30.2 Å². The van der Waals surface area contributed by atoms with Crippen molar-refractivity contribution in [3.63, 3.8) is 0 Å². The second-order valence-corrected chi connectivity index (χ2v) is 2.95. The van der Waals surface area contributed by atoms with Gasteiger partial charge in [-0.15, -0.1) is 0 Å². The third-order valence-electron chi connectivity index (χ3n) is 1.98. The number of ether oxygens (including phenoxy) is 1. The van der Waals surface area contributed by atoms with Gasteiger partial charge in [0.05, 0.1) is 0 Å². The molecule has 1 aromatic carbocycles. The van der Waals surface area contributed by atoms with E-state index in [1.54, 1.807) is 6.92 Å². The number of halogens is 1. The molecule has 0 saturated carbocycles. The first-order valence-corrected chi connectivity index (χ1v) is 4.08. The summed E-state index contributed by atoms with van der Waals surface area (Å²) in [5.74, 6) is -1.59. The topological polar surface area (TPSA) is 46.5 Å². The quantitative estimate of drug-likeness (QED) is 0.806. The highest BCUT2D eigenvalue weighted by molar-refractivity contribution is 5.74. The first-order valence-electron chi connectivity index (χ1n) is 4.08. The summed E-state index contributed by atoms with van der Waals surface area (Å²) in [6, 6.07) is 3.99. The average Bonchev–Trinajstić information content (AvgIpc) is 2.11. The zero-order chi connectivity index (χ0) is 10.7. The maximum Gasteiger partial charge on any atom is 0.337 e. The first-order chi connectivity index (χ1) is 6.56. The number of hydrogen-bond acceptors (Lipinski definition) is 2. The Morgan fingerprint density at radius 2 is 2.21 bits per heavy atom. The van der Waals surface area contributed by atoms with E-state index >= 15 is 0 Å². The van der Waals surface area contributed by atoms with Gasteiger partial charge in [0.2, 0.25) is 0 Å². The Hall–Kier alpha value is -1.42. The van der Waals surface area contributed by atoms with Crippen LogP contribution in [0.25, 0.3) is 0 Å². The molecule has 0 aliphatic carbocycles. The molecule has 0 aliphatic heterocycles. The highest BCUT2D eigenvalue weighted by atomic mass is 19.1. The molecule has 0 heterocycles. The fraction of sp³-hybridized carbons (Fsp3) is 0.300. The van der Waals surface area contributed by atoms with Gasteiger partial charge in [-0.25, -0.2) is 9.18 Å². The summed E-state index contributed by atoms with van der Waals surface area (Å²) in [6.07, 6.45) is -1.11. The second kappa shape index (κ2) is 4.19. The summed E-state index contributed by atoms with van der Waals surface area (Å²) in [5.41, 5.74) is 1.04. The van der Waals surface area contributed by atoms with Crippen LogP contribution in [0.15, 0.2) is 18.2 Å². The van der Waals surface area contributed by atoms with Crippen molar-refractivity contribution in [1.82, 2.24) is 0 Å². The lowest BCUT2D eigenvalue weighted by Gasteiger charge is -2.13. The van der Waals surface area contributed by atoms with Gasteiger partial charge < -0.3 is 9.84 Å². The fourth-order valence-electron chi connectivity index (χ4n) is 1.25. The minimum atomic E-state index is -1.12. The minimum Gasteiger partial charge on any atom is -0.479 e. The minimum absolute atomic E-state index is 0.347. The van der Waals surface area contributed by atoms with Crippen molar-refractivity contribution < 1.29 is 19.0 Å². The zero-order valence-electron chi connectivity index (χ0n) is 7.95. The Labute approximate surface area is 81.1 Å². The Bertz CT molecular complexity index is 349. The van der Waals surface area contributed by atoms with Crippen molar-refractivity contribution in [2.45, 2.75) is 13.0 Å². The number of aryl methyl sites for hydroxylation is 1. The lowest BCUT2D eigenvalue weighted by Crippen LogP contribution is -2.14. The van der Waals surface area contributed by atoms with Crippen molar-refractivity contribution >= 4 is 5.97 Å². The molecule has 3 nitrogen and oxygen atoms in total. The zero-order valence-corrected chi connectivity index (χ0v) is 7.95. The van der Waals surface area contributed by atoms with Crippen LogP contribution < -0.4 is 0 Å². The van der Waals surface area contributed by atoms with E-state index in [0.29, 0.717) is 11.1 Å². The molecule has 1 rings (SSSR count). The van der Waals surface area contributed by atoms with E-state index in [4.69, 9.17) is 9.84 Å². The maximum atomic E-state index is 12.9. The molecule has 0 radical (unpaired) electrons. The van der Waals surface area contributed by atoms with Crippen LogP contribution in [0.5, 0.6) is 0 Å². The van der Waals surface area contributed by atoms with Gasteiger partial charge in [0.1, 0.15) is 5.82 Å². The van der Waals surface area contributed by atoms with E-state index in [9.17, 15) is 9.18 Å². The molecule has 14 heavy (non-hydrogen) atoms. The Kier molecular flexibility index (Phi) is 3.19. The van der Waals surface area contributed by atoms with Gasteiger partial charge in [-0.1, -0.05) is 6.07 Å². The molecule has 0 aliphatic rings. The Morgan fingerprint density at radius 3 is 2.71 bits per heavy atom. The number of carboxylic acids is 1. The van der Waals surface area contributed by atoms with E-state index in [1.165, 1.54) is 25.3 Å². The molecule has 0 amide bonds. The van der Waals surface area contributed by atoms with Gasteiger partial charge in [0, 0.05) is 7.11 Å². The second-order valence-electron chi connectivity index (χ2n) is 2.95. The first kappa shape index (κ1) is 10.7. The molecule has 0 fully saturated rings. The van der Waals surface area contributed by atoms with Gasteiger partial charge in [0.15, 0.2) is 6.10 Å². The lowest BCUT2D eigenvalue weighted by molar-refractivity contribution is -0.148. The van der Waals surface area contributed by atoms with Crippen LogP contribution in [-0.2, 0) is 9.53 Å². The van der Waals surface area contributed by atoms with E-state index in [2.05, 4.69) is 0 Å². The maximum absolute atomic E-state index is 12.9. The number of carbonyl (C=O) groups is 1. The highest BCUT2D eigenvalue weighted by Gasteiger charge is 2.21. The van der Waals surface area contributed by atoms with Crippen molar-refractivity contribution in [1.29, 1.82) is 0 Å². The Balaban J connectivity index is 3.15. The van der Waals surface area contributed by atoms with Gasteiger partial charge in [-0.2, -0.15) is 0 Å². The van der Waals surface area contributed by atoms with Crippen molar-refractivity contribution in [2.24, 2.45) is 0 Å². The number of hydrogen-bond donors (Lipinski definition) is 1. The molecular weight excluding hydrogens is 187 g/mol. The van der Waals surface area contributed by atoms with Crippen LogP contribution in [0.1, 0.15) is 17.2 Å². The van der Waals surface area contributed by atoms with E-state index < -0.39 is 17.9 Å². The van der Waals surface area contributed by atoms with Crippen molar-refractivity contribution in [3.8, 4) is 0 Å². The molecule has 1 atom stereocenters. The molecule has 1 aromatic rings. The van der Waals surface area contributed by atoms with E-state index in [-0.39, 0.29) is 0 Å². The summed E-state index contributed by atoms with van der Waals surface area (Å²) in [6.45, 7) is 1.71. The largest absolute Gasteiger partial charge is 0.479 e. The van der Waals surface area contributed by atoms with E-state index in [1.807, 2.05) is 0 Å². The molecule has 0 spiro atoms. The summed E-state index contributed by atoms with van der Waals surface area (Å²) in [7, 11) is 1.28. The van der Waals surface area contributed by atoms with Crippen LogP contribution in [0, 0.1) is 12.7 Å². The van der Waals surface area contributed by atoms with Gasteiger partial charge in [0.25, 0.3) is 0 Å².